The summed E-state index contributed by atoms with van der Waals surface area (Å²) in [7, 11) is 1.71. The highest BCUT2D eigenvalue weighted by molar-refractivity contribution is 8.00. The van der Waals surface area contributed by atoms with Gasteiger partial charge >= 0.3 is 0 Å². The number of rotatable bonds is 4. The maximum Gasteiger partial charge on any atom is 0.209 e. The zero-order valence-corrected chi connectivity index (χ0v) is 10.7. The van der Waals surface area contributed by atoms with Gasteiger partial charge < -0.3 is 0 Å². The molecule has 0 N–H and O–H groups in total. The number of aromatic nitrogens is 4. The van der Waals surface area contributed by atoms with Crippen LogP contribution < -0.4 is 0 Å². The number of thioether (sulfide) groups is 1. The molecule has 0 fully saturated rings. The molecule has 0 saturated carbocycles. The Bertz CT molecular complexity index is 554. The largest absolute Gasteiger partial charge is 0.293 e. The van der Waals surface area contributed by atoms with Gasteiger partial charge in [0.1, 0.15) is 5.82 Å². The number of tetrazole rings is 1. The van der Waals surface area contributed by atoms with Gasteiger partial charge in [-0.15, -0.1) is 5.10 Å². The van der Waals surface area contributed by atoms with E-state index in [1.165, 1.54) is 40.7 Å². The minimum atomic E-state index is -0.357. The molecule has 0 saturated heterocycles. The van der Waals surface area contributed by atoms with Gasteiger partial charge in [-0.2, -0.15) is 0 Å². The van der Waals surface area contributed by atoms with Gasteiger partial charge in [0.05, 0.1) is 5.25 Å². The van der Waals surface area contributed by atoms with Crippen LogP contribution in [0.4, 0.5) is 4.39 Å². The molecule has 0 spiro atoms. The van der Waals surface area contributed by atoms with Crippen molar-refractivity contribution in [2.24, 2.45) is 7.05 Å². The van der Waals surface area contributed by atoms with Crippen molar-refractivity contribution in [3.8, 4) is 0 Å². The van der Waals surface area contributed by atoms with Crippen molar-refractivity contribution in [1.82, 2.24) is 20.2 Å². The van der Waals surface area contributed by atoms with E-state index in [9.17, 15) is 9.18 Å². The van der Waals surface area contributed by atoms with Gasteiger partial charge in [0.15, 0.2) is 5.78 Å². The molecule has 5 nitrogen and oxygen atoms in total. The average molecular weight is 266 g/mol. The van der Waals surface area contributed by atoms with Crippen LogP contribution in [0.15, 0.2) is 29.4 Å². The van der Waals surface area contributed by atoms with Crippen molar-refractivity contribution in [3.05, 3.63) is 35.6 Å². The number of hydrogen-bond donors (Lipinski definition) is 0. The van der Waals surface area contributed by atoms with Crippen molar-refractivity contribution in [1.29, 1.82) is 0 Å². The SMILES string of the molecule is C[C@@H](Sc1nnnn1C)C(=O)c1ccc(F)cc1. The van der Waals surface area contributed by atoms with Crippen LogP contribution in [0.2, 0.25) is 0 Å². The van der Waals surface area contributed by atoms with Crippen molar-refractivity contribution in [2.45, 2.75) is 17.3 Å². The number of halogens is 1. The zero-order valence-electron chi connectivity index (χ0n) is 9.87. The fourth-order valence-corrected chi connectivity index (χ4v) is 2.21. The molecular formula is C11H11FN4OS. The highest BCUT2D eigenvalue weighted by atomic mass is 32.2. The van der Waals surface area contributed by atoms with E-state index in [0.29, 0.717) is 10.7 Å². The number of hydrogen-bond acceptors (Lipinski definition) is 5. The first-order chi connectivity index (χ1) is 8.58. The highest BCUT2D eigenvalue weighted by Crippen LogP contribution is 2.22. The van der Waals surface area contributed by atoms with Gasteiger partial charge in [-0.3, -0.25) is 4.79 Å². The molecule has 1 aromatic heterocycles. The molecule has 18 heavy (non-hydrogen) atoms. The topological polar surface area (TPSA) is 60.7 Å². The molecule has 0 aliphatic heterocycles. The summed E-state index contributed by atoms with van der Waals surface area (Å²) in [6, 6.07) is 5.50. The quantitative estimate of drug-likeness (QED) is 0.623. The predicted octanol–water partition coefficient (Wildman–Crippen LogP) is 1.71. The van der Waals surface area contributed by atoms with Gasteiger partial charge in [0, 0.05) is 12.6 Å². The summed E-state index contributed by atoms with van der Waals surface area (Å²) < 4.78 is 14.3. The summed E-state index contributed by atoms with van der Waals surface area (Å²) >= 11 is 1.27. The third-order valence-corrected chi connectivity index (χ3v) is 3.49. The highest BCUT2D eigenvalue weighted by Gasteiger charge is 2.19. The molecule has 7 heteroatoms. The van der Waals surface area contributed by atoms with Crippen LogP contribution in [0.1, 0.15) is 17.3 Å². The van der Waals surface area contributed by atoms with E-state index in [-0.39, 0.29) is 16.9 Å². The summed E-state index contributed by atoms with van der Waals surface area (Å²) in [5.41, 5.74) is 0.478. The Kier molecular flexibility index (Phi) is 3.71. The van der Waals surface area contributed by atoms with E-state index in [2.05, 4.69) is 15.5 Å². The first-order valence-electron chi connectivity index (χ1n) is 5.26. The van der Waals surface area contributed by atoms with Crippen LogP contribution in [0.3, 0.4) is 0 Å². The predicted molar refractivity (Wildman–Crippen MR) is 64.8 cm³/mol. The lowest BCUT2D eigenvalue weighted by atomic mass is 10.1. The molecule has 0 bridgehead atoms. The van der Waals surface area contributed by atoms with E-state index in [1.807, 2.05) is 0 Å². The van der Waals surface area contributed by atoms with Gasteiger partial charge in [0.2, 0.25) is 5.16 Å². The second-order valence-corrected chi connectivity index (χ2v) is 5.02. The molecule has 2 aromatic rings. The Hall–Kier alpha value is -1.76. The smallest absolute Gasteiger partial charge is 0.209 e. The monoisotopic (exact) mass is 266 g/mol. The van der Waals surface area contributed by atoms with Gasteiger partial charge in [-0.1, -0.05) is 11.8 Å². The number of ketones is 1. The number of carbonyl (C=O) groups excluding carboxylic acids is 1. The molecule has 1 heterocycles. The van der Waals surface area contributed by atoms with Crippen LogP contribution in [0, 0.1) is 5.82 Å². The molecule has 0 aliphatic carbocycles. The lowest BCUT2D eigenvalue weighted by Gasteiger charge is -2.08. The Labute approximate surface area is 107 Å². The molecule has 1 aromatic carbocycles. The van der Waals surface area contributed by atoms with Crippen molar-refractivity contribution >= 4 is 17.5 Å². The van der Waals surface area contributed by atoms with Gasteiger partial charge in [-0.25, -0.2) is 9.07 Å². The van der Waals surface area contributed by atoms with Crippen molar-refractivity contribution in [2.75, 3.05) is 0 Å². The Morgan fingerprint density at radius 1 is 1.39 bits per heavy atom. The van der Waals surface area contributed by atoms with Crippen molar-refractivity contribution in [3.63, 3.8) is 0 Å². The number of Topliss-reactive ketones (excluding diaryl/α,β-unsaturated/α-hetero) is 1. The number of nitrogens with zero attached hydrogens (tertiary/aromatic N) is 4. The fraction of sp³-hybridized carbons (Fsp3) is 0.273. The molecule has 0 unspecified atom stereocenters. The van der Waals surface area contributed by atoms with Gasteiger partial charge in [-0.05, 0) is 41.6 Å². The van der Waals surface area contributed by atoms with Crippen molar-refractivity contribution < 1.29 is 9.18 Å². The molecule has 0 aliphatic rings. The Balaban J connectivity index is 2.09. The fourth-order valence-electron chi connectivity index (χ4n) is 1.38. The maximum absolute atomic E-state index is 12.8. The second-order valence-electron chi connectivity index (χ2n) is 3.72. The van der Waals surface area contributed by atoms with E-state index in [0.717, 1.165) is 0 Å². The maximum atomic E-state index is 12.8. The molecule has 94 valence electrons. The molecule has 1 atom stereocenters. The summed E-state index contributed by atoms with van der Waals surface area (Å²) in [4.78, 5) is 12.1. The molecular weight excluding hydrogens is 255 g/mol. The Morgan fingerprint density at radius 2 is 2.06 bits per heavy atom. The van der Waals surface area contributed by atoms with Crippen LogP contribution in [-0.2, 0) is 7.05 Å². The van der Waals surface area contributed by atoms with E-state index in [4.69, 9.17) is 0 Å². The van der Waals surface area contributed by atoms with Crippen LogP contribution in [0.25, 0.3) is 0 Å². The first-order valence-corrected chi connectivity index (χ1v) is 6.14. The number of aryl methyl sites for hydroxylation is 1. The lowest BCUT2D eigenvalue weighted by molar-refractivity contribution is 0.0994. The number of carbonyl (C=O) groups is 1. The summed E-state index contributed by atoms with van der Waals surface area (Å²) in [6.07, 6.45) is 0. The van der Waals surface area contributed by atoms with Gasteiger partial charge in [0.25, 0.3) is 0 Å². The van der Waals surface area contributed by atoms with Crippen LogP contribution in [-0.4, -0.2) is 31.2 Å². The summed E-state index contributed by atoms with van der Waals surface area (Å²) in [5, 5.41) is 11.2. The first kappa shape index (κ1) is 12.7. The van der Waals surface area contributed by atoms with E-state index in [1.54, 1.807) is 14.0 Å². The number of benzene rings is 1. The van der Waals surface area contributed by atoms with E-state index >= 15 is 0 Å². The minimum absolute atomic E-state index is 0.0806. The minimum Gasteiger partial charge on any atom is -0.293 e. The van der Waals surface area contributed by atoms with Crippen LogP contribution >= 0.6 is 11.8 Å². The molecule has 0 amide bonds. The van der Waals surface area contributed by atoms with Crippen LogP contribution in [0.5, 0.6) is 0 Å². The Morgan fingerprint density at radius 3 is 2.61 bits per heavy atom. The molecule has 0 radical (unpaired) electrons. The standard InChI is InChI=1S/C11H11FN4OS/c1-7(18-11-13-14-15-16(11)2)10(17)8-3-5-9(12)6-4-8/h3-7H,1-2H3/t7-/m1/s1. The lowest BCUT2D eigenvalue weighted by Crippen LogP contribution is -2.14. The average Bonchev–Trinajstić information content (AvgIpc) is 2.75. The zero-order chi connectivity index (χ0) is 13.1. The third-order valence-electron chi connectivity index (χ3n) is 2.36. The summed E-state index contributed by atoms with van der Waals surface area (Å²) in [5.74, 6) is -0.438. The van der Waals surface area contributed by atoms with E-state index < -0.39 is 0 Å². The molecule has 2 rings (SSSR count). The summed E-state index contributed by atoms with van der Waals surface area (Å²) in [6.45, 7) is 1.77. The second kappa shape index (κ2) is 5.26. The normalized spacial score (nSPS) is 12.4. The third kappa shape index (κ3) is 2.73.